The van der Waals surface area contributed by atoms with Crippen LogP contribution in [0.2, 0.25) is 0 Å². The van der Waals surface area contributed by atoms with Gasteiger partial charge in [0.25, 0.3) is 5.56 Å². The Labute approximate surface area is 132 Å². The van der Waals surface area contributed by atoms with Gasteiger partial charge in [-0.05, 0) is 0 Å². The van der Waals surface area contributed by atoms with Crippen LogP contribution in [-0.4, -0.2) is 26.1 Å². The van der Waals surface area contributed by atoms with Crippen LogP contribution in [-0.2, 0) is 27.2 Å². The molecular weight excluding hydrogens is 294 g/mol. The van der Waals surface area contributed by atoms with Crippen molar-refractivity contribution in [1.82, 2.24) is 19.1 Å². The zero-order valence-electron chi connectivity index (χ0n) is 13.5. The number of rotatable bonds is 4. The van der Waals surface area contributed by atoms with Crippen molar-refractivity contribution < 1.29 is 4.90 Å². The predicted octanol–water partition coefficient (Wildman–Crippen LogP) is -0.825. The quantitative estimate of drug-likeness (QED) is 0.660. The van der Waals surface area contributed by atoms with Crippen LogP contribution in [0, 0.1) is 0 Å². The molecule has 1 unspecified atom stereocenters. The maximum absolute atomic E-state index is 12.2. The van der Waals surface area contributed by atoms with E-state index in [0.29, 0.717) is 23.5 Å². The van der Waals surface area contributed by atoms with E-state index in [1.54, 1.807) is 7.05 Å². The van der Waals surface area contributed by atoms with E-state index in [1.165, 1.54) is 22.1 Å². The number of quaternary nitrogens is 1. The second-order valence-corrected chi connectivity index (χ2v) is 5.88. The summed E-state index contributed by atoms with van der Waals surface area (Å²) >= 11 is 0. The first-order chi connectivity index (χ1) is 11.0. The van der Waals surface area contributed by atoms with Gasteiger partial charge in [0.1, 0.15) is 18.6 Å². The van der Waals surface area contributed by atoms with Crippen LogP contribution in [0.5, 0.6) is 0 Å². The minimum absolute atomic E-state index is 0.345. The van der Waals surface area contributed by atoms with Crippen molar-refractivity contribution in [3.8, 4) is 0 Å². The monoisotopic (exact) mass is 314 g/mol. The van der Waals surface area contributed by atoms with Crippen LogP contribution in [0.4, 0.5) is 0 Å². The van der Waals surface area contributed by atoms with Crippen LogP contribution in [0.15, 0.2) is 39.9 Å². The Bertz CT molecular complexity index is 952. The van der Waals surface area contributed by atoms with E-state index < -0.39 is 0 Å². The van der Waals surface area contributed by atoms with E-state index in [-0.39, 0.29) is 11.2 Å². The zero-order chi connectivity index (χ0) is 16.6. The third-order valence-corrected chi connectivity index (χ3v) is 3.96. The van der Waals surface area contributed by atoms with Crippen molar-refractivity contribution in [2.45, 2.75) is 13.1 Å². The largest absolute Gasteiger partial charge is 0.332 e. The maximum Gasteiger partial charge on any atom is 0.332 e. The molecule has 7 nitrogen and oxygen atoms in total. The molecule has 0 fully saturated rings. The first-order valence-corrected chi connectivity index (χ1v) is 7.47. The van der Waals surface area contributed by atoms with Gasteiger partial charge in [-0.1, -0.05) is 30.3 Å². The molecule has 3 rings (SSSR count). The number of aromatic nitrogens is 4. The van der Waals surface area contributed by atoms with E-state index in [4.69, 9.17) is 0 Å². The molecule has 120 valence electrons. The summed E-state index contributed by atoms with van der Waals surface area (Å²) in [5, 5.41) is 0. The molecule has 2 N–H and O–H groups in total. The molecule has 0 radical (unpaired) electrons. The molecule has 0 spiro atoms. The van der Waals surface area contributed by atoms with E-state index in [1.807, 2.05) is 18.2 Å². The highest BCUT2D eigenvalue weighted by Gasteiger charge is 2.15. The molecule has 1 atom stereocenters. The maximum atomic E-state index is 12.2. The highest BCUT2D eigenvalue weighted by atomic mass is 16.2. The second kappa shape index (κ2) is 5.85. The number of nitrogens with one attached hydrogen (secondary N) is 2. The molecule has 0 saturated heterocycles. The van der Waals surface area contributed by atoms with Gasteiger partial charge in [-0.15, -0.1) is 0 Å². The normalized spacial score (nSPS) is 12.7. The molecule has 0 aliphatic rings. The minimum Gasteiger partial charge on any atom is -0.331 e. The lowest BCUT2D eigenvalue weighted by Gasteiger charge is -2.12. The number of benzene rings is 1. The van der Waals surface area contributed by atoms with Gasteiger partial charge in [0.15, 0.2) is 11.5 Å². The highest BCUT2D eigenvalue weighted by Crippen LogP contribution is 2.03. The molecule has 0 aliphatic heterocycles. The summed E-state index contributed by atoms with van der Waals surface area (Å²) in [6.07, 6.45) is 0. The van der Waals surface area contributed by atoms with Crippen molar-refractivity contribution in [3.05, 3.63) is 62.6 Å². The number of imidazole rings is 1. The summed E-state index contributed by atoms with van der Waals surface area (Å²) < 4.78 is 2.48. The number of H-pyrrole nitrogens is 1. The second-order valence-electron chi connectivity index (χ2n) is 5.88. The number of nitrogens with zero attached hydrogens (tertiary/aromatic N) is 3. The van der Waals surface area contributed by atoms with Crippen LogP contribution < -0.4 is 16.1 Å². The van der Waals surface area contributed by atoms with Crippen molar-refractivity contribution in [1.29, 1.82) is 0 Å². The third kappa shape index (κ3) is 2.83. The molecule has 3 aromatic rings. The Morgan fingerprint density at radius 1 is 1.09 bits per heavy atom. The van der Waals surface area contributed by atoms with Crippen molar-refractivity contribution >= 4 is 11.2 Å². The summed E-state index contributed by atoms with van der Waals surface area (Å²) in [6.45, 7) is 1.50. The van der Waals surface area contributed by atoms with E-state index in [2.05, 4.69) is 29.1 Å². The Morgan fingerprint density at radius 3 is 2.48 bits per heavy atom. The topological polar surface area (TPSA) is 77.1 Å². The number of aryl methyl sites for hydroxylation is 1. The summed E-state index contributed by atoms with van der Waals surface area (Å²) in [5.41, 5.74) is 1.30. The number of aromatic amines is 1. The molecule has 0 aliphatic carbocycles. The zero-order valence-corrected chi connectivity index (χ0v) is 13.5. The van der Waals surface area contributed by atoms with Gasteiger partial charge >= 0.3 is 5.69 Å². The van der Waals surface area contributed by atoms with Crippen LogP contribution >= 0.6 is 0 Å². The molecule has 1 aromatic carbocycles. The minimum atomic E-state index is -0.370. The number of hydrogen-bond acceptors (Lipinski definition) is 3. The van der Waals surface area contributed by atoms with Crippen LogP contribution in [0.3, 0.4) is 0 Å². The molecule has 0 bridgehead atoms. The average Bonchev–Trinajstić information content (AvgIpc) is 2.95. The Kier molecular flexibility index (Phi) is 3.87. The summed E-state index contributed by atoms with van der Waals surface area (Å²) in [5.74, 6) is 0.701. The average molecular weight is 314 g/mol. The molecule has 2 heterocycles. The first kappa shape index (κ1) is 15.2. The lowest BCUT2D eigenvalue weighted by molar-refractivity contribution is -0.908. The van der Waals surface area contributed by atoms with Gasteiger partial charge in [0, 0.05) is 19.7 Å². The molecule has 2 aromatic heterocycles. The fourth-order valence-electron chi connectivity index (χ4n) is 2.75. The molecule has 0 amide bonds. The van der Waals surface area contributed by atoms with Crippen molar-refractivity contribution in [3.63, 3.8) is 0 Å². The lowest BCUT2D eigenvalue weighted by Crippen LogP contribution is -3.06. The van der Waals surface area contributed by atoms with Crippen molar-refractivity contribution in [2.75, 3.05) is 7.05 Å². The van der Waals surface area contributed by atoms with Gasteiger partial charge in [-0.25, -0.2) is 9.78 Å². The standard InChI is InChI=1S/C16H19N5O2/c1-19(9-11-7-5-4-6-8-11)10-12-17-13-14(18-12)20(2)16(23)21(3)15(13)22/h4-8H,9-10H2,1-3H3,(H,17,18)/p+1. The van der Waals surface area contributed by atoms with Gasteiger partial charge < -0.3 is 9.88 Å². The molecule has 23 heavy (non-hydrogen) atoms. The van der Waals surface area contributed by atoms with Gasteiger partial charge in [0.2, 0.25) is 0 Å². The summed E-state index contributed by atoms with van der Waals surface area (Å²) in [7, 11) is 5.16. The smallest absolute Gasteiger partial charge is 0.331 e. The fraction of sp³-hybridized carbons (Fsp3) is 0.312. The molecular formula is C16H20N5O2+. The van der Waals surface area contributed by atoms with Gasteiger partial charge in [-0.3, -0.25) is 13.9 Å². The SMILES string of the molecule is Cn1c(=O)c2[nH]c(C[NH+](C)Cc3ccccc3)nc2n(C)c1=O. The molecule has 0 saturated carbocycles. The van der Waals surface area contributed by atoms with Gasteiger partial charge in [0.05, 0.1) is 7.05 Å². The van der Waals surface area contributed by atoms with Gasteiger partial charge in [-0.2, -0.15) is 0 Å². The van der Waals surface area contributed by atoms with E-state index in [9.17, 15) is 9.59 Å². The number of fused-ring (bicyclic) bond motifs is 1. The Hall–Kier alpha value is -2.67. The first-order valence-electron chi connectivity index (χ1n) is 7.47. The highest BCUT2D eigenvalue weighted by molar-refractivity contribution is 5.69. The summed E-state index contributed by atoms with van der Waals surface area (Å²) in [4.78, 5) is 32.8. The predicted molar refractivity (Wildman–Crippen MR) is 87.3 cm³/mol. The lowest BCUT2D eigenvalue weighted by atomic mass is 10.2. The van der Waals surface area contributed by atoms with Crippen LogP contribution in [0.25, 0.3) is 11.2 Å². The van der Waals surface area contributed by atoms with Crippen molar-refractivity contribution in [2.24, 2.45) is 14.1 Å². The Balaban J connectivity index is 1.90. The van der Waals surface area contributed by atoms with Crippen LogP contribution in [0.1, 0.15) is 11.4 Å². The molecule has 7 heteroatoms. The Morgan fingerprint density at radius 2 is 1.78 bits per heavy atom. The summed E-state index contributed by atoms with van der Waals surface area (Å²) in [6, 6.07) is 10.2. The van der Waals surface area contributed by atoms with E-state index in [0.717, 1.165) is 11.1 Å². The van der Waals surface area contributed by atoms with E-state index >= 15 is 0 Å². The third-order valence-electron chi connectivity index (χ3n) is 3.96. The fourth-order valence-corrected chi connectivity index (χ4v) is 2.75. The number of hydrogen-bond donors (Lipinski definition) is 2.